The van der Waals surface area contributed by atoms with Gasteiger partial charge in [-0.15, -0.1) is 0 Å². The predicted octanol–water partition coefficient (Wildman–Crippen LogP) is 5.24. The zero-order chi connectivity index (χ0) is 26.1. The highest BCUT2D eigenvalue weighted by atomic mass is 16.5. The first-order chi connectivity index (χ1) is 18.0. The van der Waals surface area contributed by atoms with Crippen molar-refractivity contribution >= 4 is 33.7 Å². The Labute approximate surface area is 212 Å². The van der Waals surface area contributed by atoms with Gasteiger partial charge in [0.2, 0.25) is 0 Å². The van der Waals surface area contributed by atoms with Gasteiger partial charge < -0.3 is 24.4 Å². The second-order valence-electron chi connectivity index (χ2n) is 8.44. The molecule has 3 aromatic carbocycles. The fraction of sp³-hybridized carbons (Fsp3) is 0.172. The van der Waals surface area contributed by atoms with Crippen molar-refractivity contribution in [1.29, 1.82) is 0 Å². The molecule has 8 heteroatoms. The van der Waals surface area contributed by atoms with E-state index in [2.05, 4.69) is 0 Å². The van der Waals surface area contributed by atoms with E-state index in [-0.39, 0.29) is 18.7 Å². The maximum absolute atomic E-state index is 14.2. The van der Waals surface area contributed by atoms with E-state index in [1.165, 1.54) is 4.57 Å². The highest BCUT2D eigenvalue weighted by Gasteiger charge is 2.28. The number of methoxy groups -OCH3 is 2. The van der Waals surface area contributed by atoms with Crippen LogP contribution in [0.3, 0.4) is 0 Å². The molecule has 2 aromatic heterocycles. The van der Waals surface area contributed by atoms with Gasteiger partial charge in [0.05, 0.1) is 32.9 Å². The van der Waals surface area contributed by atoms with Crippen molar-refractivity contribution in [2.24, 2.45) is 0 Å². The van der Waals surface area contributed by atoms with Gasteiger partial charge in [-0.3, -0.25) is 9.36 Å². The molecule has 37 heavy (non-hydrogen) atoms. The number of carbonyl (C=O) groups is 1. The Morgan fingerprint density at radius 3 is 2.46 bits per heavy atom. The van der Waals surface area contributed by atoms with Crippen molar-refractivity contribution in [3.63, 3.8) is 0 Å². The fourth-order valence-electron chi connectivity index (χ4n) is 4.57. The van der Waals surface area contributed by atoms with Crippen LogP contribution in [-0.2, 0) is 11.3 Å². The zero-order valence-corrected chi connectivity index (χ0v) is 20.7. The van der Waals surface area contributed by atoms with E-state index in [0.29, 0.717) is 50.4 Å². The highest BCUT2D eigenvalue weighted by molar-refractivity contribution is 6.12. The number of pyridine rings is 1. The number of nitrogens with zero attached hydrogens (tertiary/aromatic N) is 1. The van der Waals surface area contributed by atoms with Gasteiger partial charge in [-0.05, 0) is 42.8 Å². The molecule has 0 saturated heterocycles. The topological polar surface area (TPSA) is 106 Å². The van der Waals surface area contributed by atoms with Crippen LogP contribution in [-0.4, -0.2) is 31.4 Å². The molecule has 0 spiro atoms. The van der Waals surface area contributed by atoms with E-state index in [1.807, 2.05) is 30.3 Å². The number of anilines is 1. The SMILES string of the molecule is CCOC(=O)c1c(-c2ccc(OC)cc2)c2oc3cc(N)ccc3c2n(Cc2ccccc2OC)c1=O. The molecule has 0 radical (unpaired) electrons. The molecule has 2 heterocycles. The number of rotatable bonds is 7. The van der Waals surface area contributed by atoms with Crippen LogP contribution in [0.5, 0.6) is 11.5 Å². The van der Waals surface area contributed by atoms with Crippen molar-refractivity contribution in [3.05, 3.63) is 88.2 Å². The second kappa shape index (κ2) is 9.73. The molecule has 5 rings (SSSR count). The van der Waals surface area contributed by atoms with E-state index in [0.717, 1.165) is 5.56 Å². The van der Waals surface area contributed by atoms with Crippen molar-refractivity contribution in [1.82, 2.24) is 4.57 Å². The molecule has 0 atom stereocenters. The third-order valence-corrected chi connectivity index (χ3v) is 6.27. The number of ether oxygens (including phenoxy) is 3. The largest absolute Gasteiger partial charge is 0.497 e. The van der Waals surface area contributed by atoms with E-state index >= 15 is 0 Å². The van der Waals surface area contributed by atoms with E-state index in [1.54, 1.807) is 57.5 Å². The average molecular weight is 499 g/mol. The lowest BCUT2D eigenvalue weighted by Crippen LogP contribution is -2.29. The first-order valence-electron chi connectivity index (χ1n) is 11.8. The summed E-state index contributed by atoms with van der Waals surface area (Å²) < 4.78 is 24.0. The van der Waals surface area contributed by atoms with Crippen LogP contribution in [0.15, 0.2) is 75.9 Å². The molecule has 5 aromatic rings. The number of hydrogen-bond donors (Lipinski definition) is 1. The van der Waals surface area contributed by atoms with Gasteiger partial charge in [0.25, 0.3) is 5.56 Å². The van der Waals surface area contributed by atoms with Gasteiger partial charge in [-0.25, -0.2) is 4.79 Å². The summed E-state index contributed by atoms with van der Waals surface area (Å²) in [5.41, 5.74) is 9.11. The molecule has 0 aliphatic carbocycles. The lowest BCUT2D eigenvalue weighted by atomic mass is 9.98. The highest BCUT2D eigenvalue weighted by Crippen LogP contribution is 2.38. The molecule has 0 aliphatic rings. The van der Waals surface area contributed by atoms with Gasteiger partial charge >= 0.3 is 5.97 Å². The minimum absolute atomic E-state index is 0.110. The second-order valence-corrected chi connectivity index (χ2v) is 8.44. The Bertz CT molecular complexity index is 1680. The Morgan fingerprint density at radius 2 is 1.76 bits per heavy atom. The lowest BCUT2D eigenvalue weighted by molar-refractivity contribution is 0.0524. The van der Waals surface area contributed by atoms with Gasteiger partial charge in [-0.2, -0.15) is 0 Å². The summed E-state index contributed by atoms with van der Waals surface area (Å²) in [7, 11) is 3.14. The Hall–Kier alpha value is -4.72. The molecule has 0 unspecified atom stereocenters. The number of benzene rings is 3. The van der Waals surface area contributed by atoms with Crippen LogP contribution >= 0.6 is 0 Å². The molecule has 2 N–H and O–H groups in total. The Balaban J connectivity index is 1.92. The minimum atomic E-state index is -0.728. The quantitative estimate of drug-likeness (QED) is 0.242. The first kappa shape index (κ1) is 24.0. The zero-order valence-electron chi connectivity index (χ0n) is 20.7. The number of nitrogen functional groups attached to an aromatic ring is 1. The number of furan rings is 1. The smallest absolute Gasteiger partial charge is 0.344 e. The first-order valence-corrected chi connectivity index (χ1v) is 11.8. The van der Waals surface area contributed by atoms with Crippen molar-refractivity contribution in [2.75, 3.05) is 26.6 Å². The third kappa shape index (κ3) is 4.16. The number of aromatic nitrogens is 1. The molecule has 0 fully saturated rings. The summed E-state index contributed by atoms with van der Waals surface area (Å²) in [6.45, 7) is 1.95. The normalized spacial score (nSPS) is 11.1. The van der Waals surface area contributed by atoms with Crippen LogP contribution in [0.4, 0.5) is 5.69 Å². The minimum Gasteiger partial charge on any atom is -0.497 e. The van der Waals surface area contributed by atoms with Gasteiger partial charge in [0.1, 0.15) is 22.6 Å². The molecular weight excluding hydrogens is 472 g/mol. The summed E-state index contributed by atoms with van der Waals surface area (Å²) in [5, 5.41) is 0.696. The van der Waals surface area contributed by atoms with Crippen molar-refractivity contribution < 1.29 is 23.4 Å². The number of para-hydroxylation sites is 1. The number of esters is 1. The molecule has 0 amide bonds. The average Bonchev–Trinajstić information content (AvgIpc) is 3.28. The van der Waals surface area contributed by atoms with Gasteiger partial charge in [0, 0.05) is 28.3 Å². The van der Waals surface area contributed by atoms with Crippen LogP contribution in [0.2, 0.25) is 0 Å². The standard InChI is InChI=1S/C29H26N2O6/c1-4-36-29(33)25-24(17-9-12-20(34-2)13-10-17)27-26(21-14-11-19(30)15-23(21)37-27)31(28(25)32)16-18-7-5-6-8-22(18)35-3/h5-15H,4,16,30H2,1-3H3. The molecule has 8 nitrogen and oxygen atoms in total. The Morgan fingerprint density at radius 1 is 1.00 bits per heavy atom. The molecule has 0 aliphatic heterocycles. The van der Waals surface area contributed by atoms with E-state index in [9.17, 15) is 9.59 Å². The van der Waals surface area contributed by atoms with E-state index < -0.39 is 11.5 Å². The predicted molar refractivity (Wildman–Crippen MR) is 142 cm³/mol. The maximum Gasteiger partial charge on any atom is 0.344 e. The number of fused-ring (bicyclic) bond motifs is 3. The Kier molecular flexibility index (Phi) is 6.31. The fourth-order valence-corrected chi connectivity index (χ4v) is 4.57. The molecule has 0 bridgehead atoms. The number of nitrogens with two attached hydrogens (primary N) is 1. The van der Waals surface area contributed by atoms with Crippen molar-refractivity contribution in [2.45, 2.75) is 13.5 Å². The number of carbonyl (C=O) groups excluding carboxylic acids is 1. The third-order valence-electron chi connectivity index (χ3n) is 6.27. The summed E-state index contributed by atoms with van der Waals surface area (Å²) >= 11 is 0. The molecular formula is C29H26N2O6. The van der Waals surface area contributed by atoms with Crippen LogP contribution in [0.1, 0.15) is 22.8 Å². The summed E-state index contributed by atoms with van der Waals surface area (Å²) in [6.07, 6.45) is 0. The summed E-state index contributed by atoms with van der Waals surface area (Å²) in [6, 6.07) is 19.8. The summed E-state index contributed by atoms with van der Waals surface area (Å²) in [5.74, 6) is 0.532. The lowest BCUT2D eigenvalue weighted by Gasteiger charge is -2.16. The number of hydrogen-bond acceptors (Lipinski definition) is 7. The molecule has 0 saturated carbocycles. The van der Waals surface area contributed by atoms with Crippen LogP contribution in [0.25, 0.3) is 33.2 Å². The van der Waals surface area contributed by atoms with Crippen LogP contribution < -0.4 is 20.8 Å². The summed E-state index contributed by atoms with van der Waals surface area (Å²) in [4.78, 5) is 27.4. The maximum atomic E-state index is 14.2. The van der Waals surface area contributed by atoms with Gasteiger partial charge in [-0.1, -0.05) is 30.3 Å². The monoisotopic (exact) mass is 498 g/mol. The van der Waals surface area contributed by atoms with E-state index in [4.69, 9.17) is 24.4 Å². The van der Waals surface area contributed by atoms with Crippen LogP contribution in [0, 0.1) is 0 Å². The van der Waals surface area contributed by atoms with Crippen molar-refractivity contribution in [3.8, 4) is 22.6 Å². The van der Waals surface area contributed by atoms with Gasteiger partial charge in [0.15, 0.2) is 5.58 Å². The molecule has 188 valence electrons.